The summed E-state index contributed by atoms with van der Waals surface area (Å²) >= 11 is 0. The minimum Gasteiger partial charge on any atom is -0.497 e. The van der Waals surface area contributed by atoms with Crippen molar-refractivity contribution in [2.24, 2.45) is 0 Å². The van der Waals surface area contributed by atoms with Crippen molar-refractivity contribution in [2.75, 3.05) is 26.7 Å². The molecule has 2 heterocycles. The number of carbonyl (C=O) groups excluding carboxylic acids is 2. The summed E-state index contributed by atoms with van der Waals surface area (Å²) in [6, 6.07) is 17.0. The summed E-state index contributed by atoms with van der Waals surface area (Å²) < 4.78 is 11.5. The maximum absolute atomic E-state index is 13.9. The molecule has 0 spiro atoms. The molecular formula is C26H30N2O4. The van der Waals surface area contributed by atoms with Gasteiger partial charge in [0.25, 0.3) is 0 Å². The summed E-state index contributed by atoms with van der Waals surface area (Å²) in [5.74, 6) is 1.67. The smallest absolute Gasteiger partial charge is 0.245 e. The van der Waals surface area contributed by atoms with Gasteiger partial charge >= 0.3 is 0 Å². The number of benzene rings is 2. The highest BCUT2D eigenvalue weighted by molar-refractivity contribution is 5.96. The van der Waals surface area contributed by atoms with Gasteiger partial charge in [-0.1, -0.05) is 30.3 Å². The lowest BCUT2D eigenvalue weighted by molar-refractivity contribution is -0.144. The van der Waals surface area contributed by atoms with E-state index in [0.717, 1.165) is 55.8 Å². The first kappa shape index (κ1) is 20.9. The topological polar surface area (TPSA) is 59.1 Å². The second kappa shape index (κ2) is 8.49. The van der Waals surface area contributed by atoms with Crippen LogP contribution in [-0.2, 0) is 15.0 Å². The maximum atomic E-state index is 13.9. The largest absolute Gasteiger partial charge is 0.497 e. The van der Waals surface area contributed by atoms with Crippen molar-refractivity contribution in [2.45, 2.75) is 49.7 Å². The predicted octanol–water partition coefficient (Wildman–Crippen LogP) is 3.40. The Morgan fingerprint density at radius 3 is 2.25 bits per heavy atom. The Labute approximate surface area is 189 Å². The Kier molecular flexibility index (Phi) is 5.53. The number of ether oxygens (including phenoxy) is 2. The van der Waals surface area contributed by atoms with E-state index in [-0.39, 0.29) is 17.9 Å². The molecule has 0 radical (unpaired) electrons. The summed E-state index contributed by atoms with van der Waals surface area (Å²) in [6.07, 6.45) is 4.03. The van der Waals surface area contributed by atoms with Crippen molar-refractivity contribution >= 4 is 11.8 Å². The molecule has 1 aliphatic carbocycles. The van der Waals surface area contributed by atoms with Gasteiger partial charge in [-0.25, -0.2) is 0 Å². The lowest BCUT2D eigenvalue weighted by atomic mass is 9.93. The molecule has 0 N–H and O–H groups in total. The molecule has 2 aromatic rings. The number of hydrogen-bond acceptors (Lipinski definition) is 4. The van der Waals surface area contributed by atoms with Crippen LogP contribution in [0, 0.1) is 0 Å². The Morgan fingerprint density at radius 2 is 1.62 bits per heavy atom. The molecule has 5 rings (SSSR count). The predicted molar refractivity (Wildman–Crippen MR) is 121 cm³/mol. The number of nitrogens with zero attached hydrogens (tertiary/aromatic N) is 2. The molecule has 0 bridgehead atoms. The molecule has 32 heavy (non-hydrogen) atoms. The first-order valence-corrected chi connectivity index (χ1v) is 11.6. The zero-order valence-electron chi connectivity index (χ0n) is 18.5. The molecule has 0 unspecified atom stereocenters. The standard InChI is InChI=1S/C26H30N2O4/c1-31-20-11-9-19(10-12-20)26(13-14-26)25(30)28-18-22(32-21-7-3-2-4-8-21)17-23(28)24(29)27-15-5-6-16-27/h2-4,7-12,22-23H,5-6,13-18H2,1H3/t22-,23-/m0/s1. The van der Waals surface area contributed by atoms with E-state index in [0.29, 0.717) is 13.0 Å². The van der Waals surface area contributed by atoms with Gasteiger partial charge in [-0.05, 0) is 55.5 Å². The van der Waals surface area contributed by atoms with Gasteiger partial charge in [0.1, 0.15) is 23.6 Å². The van der Waals surface area contributed by atoms with Gasteiger partial charge in [0.2, 0.25) is 11.8 Å². The normalized spacial score (nSPS) is 23.8. The lowest BCUT2D eigenvalue weighted by Crippen LogP contribution is -2.50. The quantitative estimate of drug-likeness (QED) is 0.699. The van der Waals surface area contributed by atoms with E-state index in [1.807, 2.05) is 64.4 Å². The lowest BCUT2D eigenvalue weighted by Gasteiger charge is -2.30. The average Bonchev–Trinajstić information content (AvgIpc) is 3.25. The second-order valence-corrected chi connectivity index (χ2v) is 9.10. The van der Waals surface area contributed by atoms with Crippen LogP contribution in [0.4, 0.5) is 0 Å². The minimum absolute atomic E-state index is 0.0550. The van der Waals surface area contributed by atoms with E-state index in [9.17, 15) is 9.59 Å². The number of hydrogen-bond donors (Lipinski definition) is 0. The van der Waals surface area contributed by atoms with Crippen LogP contribution in [0.2, 0.25) is 0 Å². The van der Waals surface area contributed by atoms with Gasteiger partial charge in [0.15, 0.2) is 0 Å². The van der Waals surface area contributed by atoms with E-state index in [1.165, 1.54) is 0 Å². The van der Waals surface area contributed by atoms with Crippen molar-refractivity contribution in [1.29, 1.82) is 0 Å². The second-order valence-electron chi connectivity index (χ2n) is 9.10. The van der Waals surface area contributed by atoms with E-state index in [4.69, 9.17) is 9.47 Å². The molecule has 3 aliphatic rings. The van der Waals surface area contributed by atoms with Crippen LogP contribution < -0.4 is 9.47 Å². The van der Waals surface area contributed by atoms with Crippen molar-refractivity contribution in [3.05, 3.63) is 60.2 Å². The molecule has 3 fully saturated rings. The van der Waals surface area contributed by atoms with Gasteiger partial charge in [-0.3, -0.25) is 9.59 Å². The summed E-state index contributed by atoms with van der Waals surface area (Å²) in [5, 5.41) is 0. The fraction of sp³-hybridized carbons (Fsp3) is 0.462. The van der Waals surface area contributed by atoms with Gasteiger partial charge in [0.05, 0.1) is 19.1 Å². The van der Waals surface area contributed by atoms with Crippen LogP contribution in [0.25, 0.3) is 0 Å². The highest BCUT2D eigenvalue weighted by Gasteiger charge is 2.56. The van der Waals surface area contributed by atoms with E-state index in [2.05, 4.69) is 0 Å². The zero-order valence-corrected chi connectivity index (χ0v) is 18.5. The molecule has 2 aliphatic heterocycles. The van der Waals surface area contributed by atoms with Gasteiger partial charge < -0.3 is 19.3 Å². The Morgan fingerprint density at radius 1 is 0.938 bits per heavy atom. The van der Waals surface area contributed by atoms with Gasteiger partial charge in [-0.2, -0.15) is 0 Å². The highest BCUT2D eigenvalue weighted by Crippen LogP contribution is 2.51. The number of rotatable bonds is 6. The van der Waals surface area contributed by atoms with Crippen LogP contribution in [0.3, 0.4) is 0 Å². The van der Waals surface area contributed by atoms with Crippen LogP contribution in [-0.4, -0.2) is 60.5 Å². The Hall–Kier alpha value is -3.02. The third-order valence-corrected chi connectivity index (χ3v) is 7.07. The van der Waals surface area contributed by atoms with Crippen molar-refractivity contribution in [1.82, 2.24) is 9.80 Å². The number of carbonyl (C=O) groups is 2. The summed E-state index contributed by atoms with van der Waals surface area (Å²) in [5.41, 5.74) is 0.473. The molecule has 2 aromatic carbocycles. The molecule has 1 saturated carbocycles. The van der Waals surface area contributed by atoms with Crippen LogP contribution in [0.5, 0.6) is 11.5 Å². The average molecular weight is 435 g/mol. The molecule has 2 amide bonds. The van der Waals surface area contributed by atoms with Crippen LogP contribution in [0.1, 0.15) is 37.7 Å². The van der Waals surface area contributed by atoms with Crippen LogP contribution >= 0.6 is 0 Å². The number of methoxy groups -OCH3 is 1. The Bertz CT molecular complexity index is 965. The third-order valence-electron chi connectivity index (χ3n) is 7.07. The summed E-state index contributed by atoms with van der Waals surface area (Å²) in [4.78, 5) is 31.0. The summed E-state index contributed by atoms with van der Waals surface area (Å²) in [6.45, 7) is 2.01. The number of amides is 2. The molecule has 6 heteroatoms. The molecule has 2 saturated heterocycles. The first-order chi connectivity index (χ1) is 15.6. The first-order valence-electron chi connectivity index (χ1n) is 11.6. The zero-order chi connectivity index (χ0) is 22.1. The van der Waals surface area contributed by atoms with Gasteiger partial charge in [0, 0.05) is 19.5 Å². The third kappa shape index (κ3) is 3.83. The SMILES string of the molecule is COc1ccc(C2(C(=O)N3C[C@@H](Oc4ccccc4)C[C@H]3C(=O)N3CCCC3)CC2)cc1. The highest BCUT2D eigenvalue weighted by atomic mass is 16.5. The van der Waals surface area contributed by atoms with E-state index < -0.39 is 11.5 Å². The fourth-order valence-electron chi connectivity index (χ4n) is 5.12. The molecule has 168 valence electrons. The monoisotopic (exact) mass is 434 g/mol. The summed E-state index contributed by atoms with van der Waals surface area (Å²) in [7, 11) is 1.64. The van der Waals surface area contributed by atoms with E-state index in [1.54, 1.807) is 7.11 Å². The van der Waals surface area contributed by atoms with Crippen molar-refractivity contribution in [3.63, 3.8) is 0 Å². The van der Waals surface area contributed by atoms with Crippen molar-refractivity contribution < 1.29 is 19.1 Å². The van der Waals surface area contributed by atoms with Gasteiger partial charge in [-0.15, -0.1) is 0 Å². The molecular weight excluding hydrogens is 404 g/mol. The Balaban J connectivity index is 1.39. The van der Waals surface area contributed by atoms with Crippen molar-refractivity contribution in [3.8, 4) is 11.5 Å². The number of likely N-dealkylation sites (tertiary alicyclic amines) is 2. The van der Waals surface area contributed by atoms with Crippen LogP contribution in [0.15, 0.2) is 54.6 Å². The maximum Gasteiger partial charge on any atom is 0.245 e. The van der Waals surface area contributed by atoms with E-state index >= 15 is 0 Å². The molecule has 0 aromatic heterocycles. The fourth-order valence-corrected chi connectivity index (χ4v) is 5.12. The molecule has 6 nitrogen and oxygen atoms in total. The number of para-hydroxylation sites is 1. The minimum atomic E-state index is -0.530. The molecule has 2 atom stereocenters.